The molecular formula is C15H18ClNO2S2. The van der Waals surface area contributed by atoms with Crippen LogP contribution in [0.4, 0.5) is 0 Å². The van der Waals surface area contributed by atoms with E-state index in [9.17, 15) is 0 Å². The van der Waals surface area contributed by atoms with Gasteiger partial charge in [-0.15, -0.1) is 0 Å². The van der Waals surface area contributed by atoms with E-state index in [1.807, 2.05) is 24.3 Å². The number of ether oxygens (including phenoxy) is 2. The smallest absolute Gasteiger partial charge is 0.171 e. The Morgan fingerprint density at radius 2 is 1.90 bits per heavy atom. The summed E-state index contributed by atoms with van der Waals surface area (Å²) in [5.41, 5.74) is 1.13. The summed E-state index contributed by atoms with van der Waals surface area (Å²) >= 11 is 13.4. The number of thioether (sulfide) groups is 1. The molecule has 1 spiro atoms. The molecule has 3 rings (SSSR count). The van der Waals surface area contributed by atoms with Crippen molar-refractivity contribution in [2.24, 2.45) is 0 Å². The molecule has 2 fully saturated rings. The molecule has 3 nitrogen and oxygen atoms in total. The van der Waals surface area contributed by atoms with Crippen LogP contribution in [0.15, 0.2) is 24.3 Å². The molecule has 0 N–H and O–H groups in total. The van der Waals surface area contributed by atoms with Crippen molar-refractivity contribution in [3.8, 4) is 0 Å². The first-order chi connectivity index (χ1) is 10.2. The Labute approximate surface area is 139 Å². The number of hydrogen-bond donors (Lipinski definition) is 0. The predicted molar refractivity (Wildman–Crippen MR) is 90.8 cm³/mol. The van der Waals surface area contributed by atoms with Gasteiger partial charge in [0.15, 0.2) is 5.79 Å². The van der Waals surface area contributed by atoms with Crippen LogP contribution in [0, 0.1) is 0 Å². The lowest BCUT2D eigenvalue weighted by Gasteiger charge is -2.38. The predicted octanol–water partition coefficient (Wildman–Crippen LogP) is 3.70. The van der Waals surface area contributed by atoms with Gasteiger partial charge in [-0.1, -0.05) is 53.8 Å². The molecular weight excluding hydrogens is 326 g/mol. The van der Waals surface area contributed by atoms with Crippen molar-refractivity contribution in [2.75, 3.05) is 26.3 Å². The van der Waals surface area contributed by atoms with Crippen LogP contribution in [0.1, 0.15) is 18.4 Å². The first kappa shape index (κ1) is 15.6. The fourth-order valence-corrected chi connectivity index (χ4v) is 4.20. The maximum atomic E-state index is 6.17. The zero-order valence-corrected chi connectivity index (χ0v) is 14.1. The van der Waals surface area contributed by atoms with Crippen molar-refractivity contribution in [1.29, 1.82) is 0 Å². The molecule has 0 radical (unpaired) electrons. The molecule has 2 aliphatic rings. The summed E-state index contributed by atoms with van der Waals surface area (Å²) in [5, 5.41) is 0.804. The molecule has 0 aliphatic carbocycles. The zero-order valence-electron chi connectivity index (χ0n) is 11.7. The lowest BCUT2D eigenvalue weighted by molar-refractivity contribution is -0.180. The summed E-state index contributed by atoms with van der Waals surface area (Å²) in [6, 6.07) is 7.91. The van der Waals surface area contributed by atoms with E-state index in [1.54, 1.807) is 11.8 Å². The third-order valence-electron chi connectivity index (χ3n) is 3.91. The standard InChI is InChI=1S/C15H18ClNO2S2/c16-13-4-2-1-3-12(13)11-21-14(20)17-7-5-15(6-8-17)18-9-10-19-15/h1-4H,5-11H2. The van der Waals surface area contributed by atoms with Gasteiger partial charge in [0.1, 0.15) is 4.32 Å². The number of likely N-dealkylation sites (tertiary alicyclic amines) is 1. The third kappa shape index (κ3) is 3.71. The lowest BCUT2D eigenvalue weighted by atomic mass is 10.0. The van der Waals surface area contributed by atoms with Crippen molar-refractivity contribution < 1.29 is 9.47 Å². The third-order valence-corrected chi connectivity index (χ3v) is 5.85. The van der Waals surface area contributed by atoms with E-state index in [4.69, 9.17) is 33.3 Å². The molecule has 0 atom stereocenters. The Morgan fingerprint density at radius 1 is 1.24 bits per heavy atom. The average Bonchev–Trinajstić information content (AvgIpc) is 2.95. The number of nitrogens with zero attached hydrogens (tertiary/aromatic N) is 1. The summed E-state index contributed by atoms with van der Waals surface area (Å²) in [6.45, 7) is 3.22. The van der Waals surface area contributed by atoms with Crippen LogP contribution in [-0.2, 0) is 15.2 Å². The van der Waals surface area contributed by atoms with Crippen LogP contribution in [0.3, 0.4) is 0 Å². The molecule has 0 bridgehead atoms. The van der Waals surface area contributed by atoms with Gasteiger partial charge in [-0.05, 0) is 11.6 Å². The van der Waals surface area contributed by atoms with Gasteiger partial charge in [-0.3, -0.25) is 0 Å². The molecule has 0 amide bonds. The number of hydrogen-bond acceptors (Lipinski definition) is 4. The van der Waals surface area contributed by atoms with E-state index in [-0.39, 0.29) is 5.79 Å². The van der Waals surface area contributed by atoms with Gasteiger partial charge in [0.25, 0.3) is 0 Å². The fourth-order valence-electron chi connectivity index (χ4n) is 2.66. The van der Waals surface area contributed by atoms with Crippen LogP contribution in [0.2, 0.25) is 5.02 Å². The first-order valence-corrected chi connectivity index (χ1v) is 8.89. The van der Waals surface area contributed by atoms with Gasteiger partial charge < -0.3 is 14.4 Å². The Hall–Kier alpha value is -0.330. The van der Waals surface area contributed by atoms with Gasteiger partial charge in [0, 0.05) is 36.7 Å². The van der Waals surface area contributed by atoms with Gasteiger partial charge in [0.05, 0.1) is 13.2 Å². The van der Waals surface area contributed by atoms with Crippen molar-refractivity contribution in [2.45, 2.75) is 24.4 Å². The van der Waals surface area contributed by atoms with Gasteiger partial charge in [-0.2, -0.15) is 0 Å². The van der Waals surface area contributed by atoms with E-state index in [0.29, 0.717) is 13.2 Å². The van der Waals surface area contributed by atoms with Crippen molar-refractivity contribution in [3.05, 3.63) is 34.9 Å². The maximum Gasteiger partial charge on any atom is 0.171 e. The average molecular weight is 344 g/mol. The van der Waals surface area contributed by atoms with Gasteiger partial charge in [0.2, 0.25) is 0 Å². The second-order valence-corrected chi connectivity index (χ2v) is 7.26. The number of benzene rings is 1. The second-order valence-electron chi connectivity index (χ2n) is 5.24. The highest BCUT2D eigenvalue weighted by Gasteiger charge is 2.40. The highest BCUT2D eigenvalue weighted by atomic mass is 35.5. The van der Waals surface area contributed by atoms with Gasteiger partial charge in [-0.25, -0.2) is 0 Å². The molecule has 0 unspecified atom stereocenters. The summed E-state index contributed by atoms with van der Waals surface area (Å²) < 4.78 is 12.4. The second kappa shape index (κ2) is 6.84. The summed E-state index contributed by atoms with van der Waals surface area (Å²) in [6.07, 6.45) is 1.78. The molecule has 0 aromatic heterocycles. The monoisotopic (exact) mass is 343 g/mol. The molecule has 114 valence electrons. The molecule has 0 saturated carbocycles. The number of halogens is 1. The van der Waals surface area contributed by atoms with Crippen LogP contribution >= 0.6 is 35.6 Å². The van der Waals surface area contributed by atoms with Crippen molar-refractivity contribution in [1.82, 2.24) is 4.90 Å². The fraction of sp³-hybridized carbons (Fsp3) is 0.533. The van der Waals surface area contributed by atoms with Crippen molar-refractivity contribution in [3.63, 3.8) is 0 Å². The highest BCUT2D eigenvalue weighted by Crippen LogP contribution is 2.33. The van der Waals surface area contributed by atoms with Crippen LogP contribution < -0.4 is 0 Å². The van der Waals surface area contributed by atoms with E-state index < -0.39 is 0 Å². The molecule has 6 heteroatoms. The zero-order chi connectivity index (χ0) is 14.7. The van der Waals surface area contributed by atoms with E-state index in [1.165, 1.54) is 0 Å². The molecule has 1 aromatic carbocycles. The first-order valence-electron chi connectivity index (χ1n) is 7.12. The number of piperidine rings is 1. The minimum absolute atomic E-state index is 0.334. The summed E-state index contributed by atoms with van der Waals surface area (Å²) in [5.74, 6) is 0.479. The Kier molecular flexibility index (Phi) is 5.07. The van der Waals surface area contributed by atoms with Crippen LogP contribution in [0.5, 0.6) is 0 Å². The molecule has 2 aliphatic heterocycles. The topological polar surface area (TPSA) is 21.7 Å². The maximum absolute atomic E-state index is 6.17. The molecule has 2 saturated heterocycles. The van der Waals surface area contributed by atoms with Crippen molar-refractivity contribution >= 4 is 39.9 Å². The minimum Gasteiger partial charge on any atom is -0.357 e. The van der Waals surface area contributed by atoms with Crippen LogP contribution in [-0.4, -0.2) is 41.3 Å². The SMILES string of the molecule is S=C(SCc1ccccc1Cl)N1CCC2(CC1)OCCO2. The Bertz CT molecular complexity index is 510. The highest BCUT2D eigenvalue weighted by molar-refractivity contribution is 8.22. The Balaban J connectivity index is 1.49. The molecule has 21 heavy (non-hydrogen) atoms. The number of rotatable bonds is 2. The summed E-state index contributed by atoms with van der Waals surface area (Å²) in [4.78, 5) is 2.24. The van der Waals surface area contributed by atoms with Gasteiger partial charge >= 0.3 is 0 Å². The van der Waals surface area contributed by atoms with E-state index >= 15 is 0 Å². The quantitative estimate of drug-likeness (QED) is 0.761. The van der Waals surface area contributed by atoms with E-state index in [2.05, 4.69) is 4.90 Å². The molecule has 1 aromatic rings. The minimum atomic E-state index is -0.334. The molecule has 2 heterocycles. The van der Waals surface area contributed by atoms with Crippen LogP contribution in [0.25, 0.3) is 0 Å². The Morgan fingerprint density at radius 3 is 2.57 bits per heavy atom. The largest absolute Gasteiger partial charge is 0.357 e. The summed E-state index contributed by atoms with van der Waals surface area (Å²) in [7, 11) is 0. The van der Waals surface area contributed by atoms with E-state index in [0.717, 1.165) is 46.6 Å². The lowest BCUT2D eigenvalue weighted by Crippen LogP contribution is -2.46. The normalized spacial score (nSPS) is 20.9. The number of thiocarbonyl (C=S) groups is 1.